The van der Waals surface area contributed by atoms with Gasteiger partial charge in [0.25, 0.3) is 0 Å². The van der Waals surface area contributed by atoms with Crippen LogP contribution in [0.2, 0.25) is 0 Å². The average molecular weight is 576 g/mol. The summed E-state index contributed by atoms with van der Waals surface area (Å²) < 4.78 is 44.9. The molecule has 0 aromatic rings. The lowest BCUT2D eigenvalue weighted by Gasteiger charge is -2.47. The molecule has 0 aromatic carbocycles. The van der Waals surface area contributed by atoms with Crippen molar-refractivity contribution in [1.29, 1.82) is 0 Å². The van der Waals surface area contributed by atoms with Crippen LogP contribution in [-0.4, -0.2) is 114 Å². The molecule has 224 valence electrons. The molecule has 0 unspecified atom stereocenters. The number of carbonyl (C=O) groups excluding carboxylic acids is 4. The second-order valence-corrected chi connectivity index (χ2v) is 9.91. The lowest BCUT2D eigenvalue weighted by molar-refractivity contribution is -0.329. The summed E-state index contributed by atoms with van der Waals surface area (Å²) in [7, 11) is 0. The van der Waals surface area contributed by atoms with Crippen LogP contribution in [0.1, 0.15) is 41.5 Å². The van der Waals surface area contributed by atoms with Crippen LogP contribution in [0, 0.1) is 0 Å². The molecule has 2 saturated heterocycles. The second-order valence-electron chi connectivity index (χ2n) is 9.91. The van der Waals surface area contributed by atoms with E-state index in [1.54, 1.807) is 13.8 Å². The van der Waals surface area contributed by atoms with E-state index in [0.717, 1.165) is 27.7 Å². The van der Waals surface area contributed by atoms with Gasteiger partial charge in [-0.2, -0.15) is 0 Å². The highest BCUT2D eigenvalue weighted by Crippen LogP contribution is 2.41. The molecular formula is C23H33N3O14. The summed E-state index contributed by atoms with van der Waals surface area (Å²) in [5, 5.41) is 25.0. The maximum Gasteiger partial charge on any atom is 0.303 e. The monoisotopic (exact) mass is 575 g/mol. The van der Waals surface area contributed by atoms with Gasteiger partial charge in [-0.15, -0.1) is 0 Å². The zero-order chi connectivity index (χ0) is 29.9. The third-order valence-electron chi connectivity index (χ3n) is 6.28. The van der Waals surface area contributed by atoms with E-state index in [2.05, 4.69) is 10.0 Å². The van der Waals surface area contributed by atoms with Gasteiger partial charge in [0.15, 0.2) is 30.4 Å². The van der Waals surface area contributed by atoms with Crippen LogP contribution in [0.3, 0.4) is 0 Å². The molecule has 0 amide bonds. The Hall–Kier alpha value is -3.05. The van der Waals surface area contributed by atoms with Crippen LogP contribution < -0.4 is 0 Å². The first-order chi connectivity index (χ1) is 18.6. The molecule has 0 radical (unpaired) electrons. The van der Waals surface area contributed by atoms with Crippen molar-refractivity contribution in [2.24, 2.45) is 5.11 Å². The summed E-state index contributed by atoms with van der Waals surface area (Å²) in [6.45, 7) is 6.94. The Bertz CT molecular complexity index is 1030. The summed E-state index contributed by atoms with van der Waals surface area (Å²) in [5.74, 6) is -4.46. The molecule has 3 fully saturated rings. The van der Waals surface area contributed by atoms with Gasteiger partial charge in [0, 0.05) is 32.6 Å². The fraction of sp³-hybridized carbons (Fsp3) is 0.826. The number of carbonyl (C=O) groups is 4. The number of nitrogens with zero attached hydrogens (tertiary/aromatic N) is 3. The van der Waals surface area contributed by atoms with Gasteiger partial charge in [-0.05, 0) is 19.4 Å². The fourth-order valence-electron chi connectivity index (χ4n) is 4.93. The smallest absolute Gasteiger partial charge is 0.303 e. The maximum absolute atomic E-state index is 12.1. The number of fused-ring (bicyclic) bond motifs is 1. The van der Waals surface area contributed by atoms with E-state index in [9.17, 15) is 29.4 Å². The number of esters is 4. The topological polar surface area (TPSA) is 231 Å². The molecule has 3 rings (SSSR count). The number of aliphatic hydroxyl groups excluding tert-OH is 2. The third-order valence-corrected chi connectivity index (χ3v) is 6.28. The lowest BCUT2D eigenvalue weighted by atomic mass is 9.83. The van der Waals surface area contributed by atoms with Gasteiger partial charge in [-0.25, -0.2) is 0 Å². The molecule has 0 spiro atoms. The summed E-state index contributed by atoms with van der Waals surface area (Å²) in [6, 6.07) is -1.45. The van der Waals surface area contributed by atoms with Crippen molar-refractivity contribution in [3.05, 3.63) is 10.4 Å². The molecule has 1 aliphatic carbocycles. The van der Waals surface area contributed by atoms with Crippen LogP contribution >= 0.6 is 0 Å². The Morgan fingerprint density at radius 3 is 1.93 bits per heavy atom. The van der Waals surface area contributed by atoms with Gasteiger partial charge < -0.3 is 48.1 Å². The van der Waals surface area contributed by atoms with Gasteiger partial charge in [0.1, 0.15) is 37.1 Å². The molecular weight excluding hydrogens is 542 g/mol. The molecule has 0 aromatic heterocycles. The Labute approximate surface area is 228 Å². The first-order valence-electron chi connectivity index (χ1n) is 12.4. The Morgan fingerprint density at radius 1 is 0.825 bits per heavy atom. The Morgan fingerprint density at radius 2 is 1.38 bits per heavy atom. The van der Waals surface area contributed by atoms with Crippen molar-refractivity contribution in [2.45, 2.75) is 115 Å². The number of hydrogen-bond donors (Lipinski definition) is 2. The molecule has 17 heteroatoms. The molecule has 3 aliphatic rings. The maximum atomic E-state index is 12.1. The Balaban J connectivity index is 2.07. The number of ether oxygens (including phenoxy) is 8. The minimum Gasteiger partial charge on any atom is -0.463 e. The fourth-order valence-corrected chi connectivity index (χ4v) is 4.93. The van der Waals surface area contributed by atoms with Gasteiger partial charge in [-0.1, -0.05) is 5.11 Å². The van der Waals surface area contributed by atoms with Crippen LogP contribution in [0.25, 0.3) is 10.4 Å². The highest BCUT2D eigenvalue weighted by Gasteiger charge is 2.61. The van der Waals surface area contributed by atoms with E-state index >= 15 is 0 Å². The lowest BCUT2D eigenvalue weighted by Crippen LogP contribution is -2.67. The second kappa shape index (κ2) is 12.6. The van der Waals surface area contributed by atoms with Crippen molar-refractivity contribution < 1.29 is 67.3 Å². The van der Waals surface area contributed by atoms with Crippen LogP contribution in [-0.2, 0) is 57.1 Å². The zero-order valence-corrected chi connectivity index (χ0v) is 22.7. The summed E-state index contributed by atoms with van der Waals surface area (Å²) >= 11 is 0. The van der Waals surface area contributed by atoms with Crippen LogP contribution in [0.15, 0.2) is 5.11 Å². The normalized spacial score (nSPS) is 38.2. The van der Waals surface area contributed by atoms with E-state index < -0.39 is 104 Å². The highest BCUT2D eigenvalue weighted by molar-refractivity contribution is 5.68. The van der Waals surface area contributed by atoms with Crippen molar-refractivity contribution in [1.82, 2.24) is 0 Å². The minimum absolute atomic E-state index is 0.498. The SMILES string of the molecule is CC(=O)OC[C@H]1O[C@@H](O[C@@H]2[C@@H](N=[N+]=[N-])[C@H](O)[C@H](O)[C@H]3OC(C)(C)O[C@H]32)[C@H](OC(C)=O)[C@@H](OC(C)=O)[C@H]1OC(C)=O. The molecule has 2 aliphatic heterocycles. The molecule has 11 atom stereocenters. The van der Waals surface area contributed by atoms with Crippen molar-refractivity contribution in [2.75, 3.05) is 6.61 Å². The molecule has 40 heavy (non-hydrogen) atoms. The van der Waals surface area contributed by atoms with E-state index in [-0.39, 0.29) is 0 Å². The zero-order valence-electron chi connectivity index (χ0n) is 22.7. The predicted octanol–water partition coefficient (Wildman–Crippen LogP) is -0.611. The van der Waals surface area contributed by atoms with Crippen LogP contribution in [0.5, 0.6) is 0 Å². The number of azide groups is 1. The summed E-state index contributed by atoms with van der Waals surface area (Å²) in [4.78, 5) is 50.4. The molecule has 2 heterocycles. The van der Waals surface area contributed by atoms with Gasteiger partial charge in [0.05, 0.1) is 12.1 Å². The third kappa shape index (κ3) is 7.17. The summed E-state index contributed by atoms with van der Waals surface area (Å²) in [5.41, 5.74) is 9.17. The molecule has 1 saturated carbocycles. The number of hydrogen-bond acceptors (Lipinski definition) is 15. The summed E-state index contributed by atoms with van der Waals surface area (Å²) in [6.07, 6.45) is -14.3. The molecule has 2 N–H and O–H groups in total. The van der Waals surface area contributed by atoms with Crippen molar-refractivity contribution in [3.8, 4) is 0 Å². The van der Waals surface area contributed by atoms with Crippen LogP contribution in [0.4, 0.5) is 0 Å². The number of aliphatic hydroxyl groups is 2. The standard InChI is InChI=1S/C23H33N3O14/c1-8(27)33-7-12-16(34-9(2)28)19(35-10(3)29)21(36-11(4)30)22(37-12)38-17-13(25-26-24)14(31)15(32)18-20(17)40-23(5,6)39-18/h12-22,31-32H,7H2,1-6H3/t12-,13+,14+,15+,16+,17-,18-,19+,20+,21-,22+/m1/s1. The Kier molecular flexibility index (Phi) is 9.94. The minimum atomic E-state index is -1.68. The molecule has 17 nitrogen and oxygen atoms in total. The van der Waals surface area contributed by atoms with E-state index in [4.69, 9.17) is 43.4 Å². The molecule has 0 bridgehead atoms. The van der Waals surface area contributed by atoms with Crippen molar-refractivity contribution >= 4 is 23.9 Å². The number of rotatable bonds is 8. The first-order valence-corrected chi connectivity index (χ1v) is 12.4. The van der Waals surface area contributed by atoms with Gasteiger partial charge >= 0.3 is 23.9 Å². The average Bonchev–Trinajstić information content (AvgIpc) is 3.16. The largest absolute Gasteiger partial charge is 0.463 e. The van der Waals surface area contributed by atoms with Gasteiger partial charge in [0.2, 0.25) is 0 Å². The van der Waals surface area contributed by atoms with Gasteiger partial charge in [-0.3, -0.25) is 19.2 Å². The van der Waals surface area contributed by atoms with E-state index in [1.165, 1.54) is 0 Å². The van der Waals surface area contributed by atoms with E-state index in [1.807, 2.05) is 0 Å². The quantitative estimate of drug-likeness (QED) is 0.121. The first kappa shape index (κ1) is 31.5. The van der Waals surface area contributed by atoms with Crippen molar-refractivity contribution in [3.63, 3.8) is 0 Å². The highest BCUT2D eigenvalue weighted by atomic mass is 16.8. The predicted molar refractivity (Wildman–Crippen MR) is 126 cm³/mol. The van der Waals surface area contributed by atoms with E-state index in [0.29, 0.717) is 0 Å².